The van der Waals surface area contributed by atoms with Crippen molar-refractivity contribution in [3.8, 4) is 6.07 Å². The van der Waals surface area contributed by atoms with Gasteiger partial charge in [0.05, 0.1) is 34.3 Å². The predicted molar refractivity (Wildman–Crippen MR) is 95.4 cm³/mol. The number of amidine groups is 1. The van der Waals surface area contributed by atoms with E-state index in [-0.39, 0.29) is 29.2 Å². The molecule has 2 aliphatic rings. The van der Waals surface area contributed by atoms with Gasteiger partial charge in [0.1, 0.15) is 6.42 Å². The van der Waals surface area contributed by atoms with Gasteiger partial charge in [0.15, 0.2) is 15.0 Å². The van der Waals surface area contributed by atoms with Crippen molar-refractivity contribution in [2.75, 3.05) is 16.4 Å². The lowest BCUT2D eigenvalue weighted by Crippen LogP contribution is -2.37. The van der Waals surface area contributed by atoms with E-state index in [0.29, 0.717) is 20.9 Å². The molecule has 2 aliphatic heterocycles. The molecule has 3 rings (SSSR count). The van der Waals surface area contributed by atoms with E-state index in [9.17, 15) is 13.2 Å². The van der Waals surface area contributed by atoms with Crippen molar-refractivity contribution in [1.82, 2.24) is 0 Å². The van der Waals surface area contributed by atoms with Gasteiger partial charge in [-0.3, -0.25) is 4.79 Å². The van der Waals surface area contributed by atoms with Crippen LogP contribution in [0.2, 0.25) is 10.0 Å². The second kappa shape index (κ2) is 6.56. The van der Waals surface area contributed by atoms with E-state index < -0.39 is 15.7 Å². The predicted octanol–water partition coefficient (Wildman–Crippen LogP) is 2.51. The molecule has 2 unspecified atom stereocenters. The van der Waals surface area contributed by atoms with Crippen molar-refractivity contribution < 1.29 is 13.2 Å². The molecule has 1 amide bonds. The molecular weight excluding hydrogens is 393 g/mol. The fourth-order valence-corrected chi connectivity index (χ4v) is 7.03. The highest BCUT2D eigenvalue weighted by Gasteiger charge is 2.49. The highest BCUT2D eigenvalue weighted by atomic mass is 35.5. The third-order valence-electron chi connectivity index (χ3n) is 3.68. The largest absolute Gasteiger partial charge is 0.314 e. The van der Waals surface area contributed by atoms with Crippen LogP contribution in [0, 0.1) is 11.3 Å². The first-order valence-electron chi connectivity index (χ1n) is 6.90. The molecule has 126 valence electrons. The first-order valence-corrected chi connectivity index (χ1v) is 10.4. The van der Waals surface area contributed by atoms with E-state index >= 15 is 0 Å². The summed E-state index contributed by atoms with van der Waals surface area (Å²) in [5, 5.41) is 9.56. The van der Waals surface area contributed by atoms with Crippen molar-refractivity contribution in [1.29, 1.82) is 5.26 Å². The summed E-state index contributed by atoms with van der Waals surface area (Å²) >= 11 is 13.5. The van der Waals surface area contributed by atoms with Gasteiger partial charge in [0, 0.05) is 10.3 Å². The molecule has 24 heavy (non-hydrogen) atoms. The van der Waals surface area contributed by atoms with Crippen LogP contribution in [-0.2, 0) is 14.6 Å². The van der Waals surface area contributed by atoms with Crippen LogP contribution in [0.4, 0.5) is 5.69 Å². The van der Waals surface area contributed by atoms with E-state index in [1.54, 1.807) is 29.2 Å². The number of anilines is 1. The summed E-state index contributed by atoms with van der Waals surface area (Å²) in [5.41, 5.74) is 0.504. The molecule has 0 spiro atoms. The standard InChI is InChI=1S/C14H11Cl2N3O3S2/c15-8-1-2-9(16)10(5-8)19-11-6-24(21,22)7-12(11)23-14(19)18-13(20)3-4-17/h1-2,5,11-12H,3,6-7H2. The first kappa shape index (κ1) is 17.5. The SMILES string of the molecule is N#CCC(=O)N=C1SC2CS(=O)(=O)CC2N1c1cc(Cl)ccc1Cl. The number of hydrogen-bond acceptors (Lipinski definition) is 5. The minimum atomic E-state index is -3.16. The highest BCUT2D eigenvalue weighted by molar-refractivity contribution is 8.16. The third kappa shape index (κ3) is 3.40. The minimum absolute atomic E-state index is 0.0163. The Morgan fingerprint density at radius 2 is 2.17 bits per heavy atom. The molecule has 6 nitrogen and oxygen atoms in total. The number of benzene rings is 1. The topological polar surface area (TPSA) is 90.6 Å². The maximum absolute atomic E-state index is 12.0. The fraction of sp³-hybridized carbons (Fsp3) is 0.357. The molecule has 1 aromatic rings. The average molecular weight is 404 g/mol. The third-order valence-corrected chi connectivity index (χ3v) is 7.45. The highest BCUT2D eigenvalue weighted by Crippen LogP contribution is 2.43. The van der Waals surface area contributed by atoms with Gasteiger partial charge in [0.2, 0.25) is 0 Å². The Bertz CT molecular complexity index is 880. The molecule has 2 fully saturated rings. The number of nitriles is 1. The Kier molecular flexibility index (Phi) is 4.80. The normalized spacial score (nSPS) is 26.4. The summed E-state index contributed by atoms with van der Waals surface area (Å²) < 4.78 is 23.9. The number of thioether (sulfide) groups is 1. The van der Waals surface area contributed by atoms with E-state index in [4.69, 9.17) is 28.5 Å². The Morgan fingerprint density at radius 1 is 1.42 bits per heavy atom. The number of sulfone groups is 1. The van der Waals surface area contributed by atoms with Crippen LogP contribution < -0.4 is 4.90 Å². The molecule has 0 N–H and O–H groups in total. The lowest BCUT2D eigenvalue weighted by atomic mass is 10.2. The Hall–Kier alpha value is -1.27. The van der Waals surface area contributed by atoms with E-state index in [0.717, 1.165) is 0 Å². The number of nitrogens with zero attached hydrogens (tertiary/aromatic N) is 3. The monoisotopic (exact) mass is 403 g/mol. The van der Waals surface area contributed by atoms with Gasteiger partial charge in [0.25, 0.3) is 5.91 Å². The fourth-order valence-electron chi connectivity index (χ4n) is 2.73. The lowest BCUT2D eigenvalue weighted by Gasteiger charge is -2.25. The van der Waals surface area contributed by atoms with Gasteiger partial charge in [-0.05, 0) is 18.2 Å². The summed E-state index contributed by atoms with van der Waals surface area (Å²) in [7, 11) is -3.16. The number of halogens is 2. The molecule has 0 saturated carbocycles. The molecule has 0 bridgehead atoms. The smallest absolute Gasteiger partial charge is 0.262 e. The van der Waals surface area contributed by atoms with Crippen molar-refractivity contribution in [3.63, 3.8) is 0 Å². The number of rotatable bonds is 2. The van der Waals surface area contributed by atoms with Crippen LogP contribution in [0.25, 0.3) is 0 Å². The molecule has 1 aromatic carbocycles. The van der Waals surface area contributed by atoms with E-state index in [1.165, 1.54) is 11.8 Å². The Labute approximate surface area is 153 Å². The zero-order chi connectivity index (χ0) is 17.5. The summed E-state index contributed by atoms with van der Waals surface area (Å²) in [6.07, 6.45) is -0.338. The maximum atomic E-state index is 12.0. The Morgan fingerprint density at radius 3 is 2.88 bits per heavy atom. The molecule has 0 aliphatic carbocycles. The molecular formula is C14H11Cl2N3O3S2. The maximum Gasteiger partial charge on any atom is 0.262 e. The van der Waals surface area contributed by atoms with Crippen molar-refractivity contribution in [3.05, 3.63) is 28.2 Å². The van der Waals surface area contributed by atoms with E-state index in [2.05, 4.69) is 4.99 Å². The molecule has 2 saturated heterocycles. The lowest BCUT2D eigenvalue weighted by molar-refractivity contribution is -0.116. The number of hydrogen-bond donors (Lipinski definition) is 0. The van der Waals surface area contributed by atoms with Crippen LogP contribution in [0.5, 0.6) is 0 Å². The molecule has 10 heteroatoms. The van der Waals surface area contributed by atoms with Crippen molar-refractivity contribution in [2.45, 2.75) is 17.7 Å². The number of fused-ring (bicyclic) bond motifs is 1. The van der Waals surface area contributed by atoms with Crippen LogP contribution in [-0.4, -0.2) is 42.3 Å². The van der Waals surface area contributed by atoms with Gasteiger partial charge in [-0.15, -0.1) is 0 Å². The zero-order valence-corrected chi connectivity index (χ0v) is 15.3. The van der Waals surface area contributed by atoms with E-state index in [1.807, 2.05) is 0 Å². The minimum Gasteiger partial charge on any atom is -0.314 e. The van der Waals surface area contributed by atoms with Crippen molar-refractivity contribution in [2.24, 2.45) is 4.99 Å². The van der Waals surface area contributed by atoms with Gasteiger partial charge in [-0.2, -0.15) is 10.3 Å². The molecule has 2 atom stereocenters. The quantitative estimate of drug-likeness (QED) is 0.753. The Balaban J connectivity index is 2.06. The van der Waals surface area contributed by atoms with Crippen LogP contribution in [0.3, 0.4) is 0 Å². The summed E-state index contributed by atoms with van der Waals surface area (Å²) in [4.78, 5) is 17.4. The molecule has 0 radical (unpaired) electrons. The number of carbonyl (C=O) groups excluding carboxylic acids is 1. The zero-order valence-electron chi connectivity index (χ0n) is 12.1. The van der Waals surface area contributed by atoms with Gasteiger partial charge in [-0.25, -0.2) is 8.42 Å². The summed E-state index contributed by atoms with van der Waals surface area (Å²) in [5.74, 6) is -0.604. The summed E-state index contributed by atoms with van der Waals surface area (Å²) in [6.45, 7) is 0. The van der Waals surface area contributed by atoms with Gasteiger partial charge in [-0.1, -0.05) is 35.0 Å². The second-order valence-electron chi connectivity index (χ2n) is 5.39. The average Bonchev–Trinajstić information content (AvgIpc) is 2.93. The summed E-state index contributed by atoms with van der Waals surface area (Å²) in [6, 6.07) is 6.22. The number of aliphatic imine (C=N–C) groups is 1. The molecule has 0 aromatic heterocycles. The second-order valence-corrected chi connectivity index (χ2v) is 9.59. The molecule has 2 heterocycles. The van der Waals surface area contributed by atoms with Crippen LogP contribution >= 0.6 is 35.0 Å². The van der Waals surface area contributed by atoms with Crippen molar-refractivity contribution >= 4 is 61.6 Å². The number of carbonyl (C=O) groups is 1. The van der Waals surface area contributed by atoms with Gasteiger partial charge < -0.3 is 4.90 Å². The van der Waals surface area contributed by atoms with Crippen LogP contribution in [0.15, 0.2) is 23.2 Å². The van der Waals surface area contributed by atoms with Crippen LogP contribution in [0.1, 0.15) is 6.42 Å². The number of amides is 1. The first-order chi connectivity index (χ1) is 11.3. The van der Waals surface area contributed by atoms with Gasteiger partial charge >= 0.3 is 0 Å².